The molecule has 0 radical (unpaired) electrons. The van der Waals surface area contributed by atoms with Crippen LogP contribution in [0.25, 0.3) is 6.08 Å². The summed E-state index contributed by atoms with van der Waals surface area (Å²) in [6.07, 6.45) is 1.54. The second-order valence-corrected chi connectivity index (χ2v) is 12.8. The lowest BCUT2D eigenvalue weighted by molar-refractivity contribution is -0.121. The first-order valence-electron chi connectivity index (χ1n) is 12.9. The Hall–Kier alpha value is -3.81. The first-order valence-corrected chi connectivity index (χ1v) is 15.7. The lowest BCUT2D eigenvalue weighted by atomic mass is 10.1. The van der Waals surface area contributed by atoms with Gasteiger partial charge in [0.25, 0.3) is 11.8 Å². The standard InChI is InChI=1S/C32H22BrFIN3O4S/c33-20-10-8-19(9-11-20)16-27(37-30(40)25-6-1-2-7-26(25)34)31(41)36-22-4-3-5-24(17-22)43-28-18-29(39)38(32(28)42)23-14-12-21(35)13-15-23/h1-17,28H,18H2,(H,36,41)(H,37,40)/b27-16-/t28-/m1/s1. The highest BCUT2D eigenvalue weighted by Gasteiger charge is 2.40. The topological polar surface area (TPSA) is 95.6 Å². The van der Waals surface area contributed by atoms with Crippen molar-refractivity contribution < 1.29 is 23.6 Å². The molecule has 2 N–H and O–H groups in total. The molecule has 7 nitrogen and oxygen atoms in total. The van der Waals surface area contributed by atoms with E-state index < -0.39 is 22.9 Å². The maximum absolute atomic E-state index is 14.3. The van der Waals surface area contributed by atoms with E-state index in [0.29, 0.717) is 21.8 Å². The van der Waals surface area contributed by atoms with Gasteiger partial charge in [0.15, 0.2) is 0 Å². The molecule has 1 aliphatic rings. The van der Waals surface area contributed by atoms with Crippen molar-refractivity contribution in [1.82, 2.24) is 5.32 Å². The number of thioether (sulfide) groups is 1. The van der Waals surface area contributed by atoms with Crippen LogP contribution in [0, 0.1) is 9.39 Å². The van der Waals surface area contributed by atoms with Crippen LogP contribution in [0.4, 0.5) is 15.8 Å². The molecule has 1 saturated heterocycles. The largest absolute Gasteiger partial charge is 0.321 e. The number of anilines is 2. The smallest absolute Gasteiger partial charge is 0.272 e. The van der Waals surface area contributed by atoms with Gasteiger partial charge in [0, 0.05) is 25.0 Å². The van der Waals surface area contributed by atoms with Gasteiger partial charge in [0.05, 0.1) is 16.5 Å². The van der Waals surface area contributed by atoms with Crippen molar-refractivity contribution in [2.45, 2.75) is 16.6 Å². The highest BCUT2D eigenvalue weighted by atomic mass is 127. The Balaban J connectivity index is 1.33. The van der Waals surface area contributed by atoms with E-state index in [1.54, 1.807) is 60.7 Å². The number of amides is 4. The molecule has 1 fully saturated rings. The predicted molar refractivity (Wildman–Crippen MR) is 177 cm³/mol. The first-order chi connectivity index (χ1) is 20.7. The van der Waals surface area contributed by atoms with Gasteiger partial charge in [-0.15, -0.1) is 11.8 Å². The van der Waals surface area contributed by atoms with Crippen molar-refractivity contribution in [2.24, 2.45) is 0 Å². The van der Waals surface area contributed by atoms with Gasteiger partial charge in [0.2, 0.25) is 11.8 Å². The Bertz CT molecular complexity index is 1750. The van der Waals surface area contributed by atoms with Crippen LogP contribution in [0.5, 0.6) is 0 Å². The lowest BCUT2D eigenvalue weighted by Gasteiger charge is -2.15. The molecule has 43 heavy (non-hydrogen) atoms. The average molecular weight is 770 g/mol. The Morgan fingerprint density at radius 3 is 2.40 bits per heavy atom. The maximum Gasteiger partial charge on any atom is 0.272 e. The SMILES string of the molecule is O=C(Nc1cccc(S[C@@H]2CC(=O)N(c3ccc(I)cc3)C2=O)c1)/C(=C/c1ccc(Br)cc1)NC(=O)c1ccccc1F. The minimum atomic E-state index is -0.775. The highest BCUT2D eigenvalue weighted by molar-refractivity contribution is 14.1. The number of hydrogen-bond donors (Lipinski definition) is 2. The van der Waals surface area contributed by atoms with Gasteiger partial charge >= 0.3 is 0 Å². The molecular weight excluding hydrogens is 748 g/mol. The molecule has 0 aliphatic carbocycles. The molecule has 11 heteroatoms. The second kappa shape index (κ2) is 13.7. The van der Waals surface area contributed by atoms with Gasteiger partial charge in [-0.05, 0) is 101 Å². The molecule has 0 spiro atoms. The quantitative estimate of drug-likeness (QED) is 0.114. The van der Waals surface area contributed by atoms with Crippen LogP contribution in [0.15, 0.2) is 112 Å². The van der Waals surface area contributed by atoms with Crippen LogP contribution < -0.4 is 15.5 Å². The molecule has 0 aromatic heterocycles. The van der Waals surface area contributed by atoms with Crippen molar-refractivity contribution in [3.8, 4) is 0 Å². The molecular formula is C32H22BrFIN3O4S. The van der Waals surface area contributed by atoms with Gasteiger partial charge in [0.1, 0.15) is 11.5 Å². The summed E-state index contributed by atoms with van der Waals surface area (Å²) in [6.45, 7) is 0. The van der Waals surface area contributed by atoms with E-state index in [-0.39, 0.29) is 29.5 Å². The summed E-state index contributed by atoms with van der Waals surface area (Å²) >= 11 is 6.76. The minimum Gasteiger partial charge on any atom is -0.321 e. The summed E-state index contributed by atoms with van der Waals surface area (Å²) in [5.74, 6) is -2.70. The molecule has 1 heterocycles. The van der Waals surface area contributed by atoms with E-state index in [1.165, 1.54) is 47.0 Å². The number of carbonyl (C=O) groups is 4. The lowest BCUT2D eigenvalue weighted by Crippen LogP contribution is -2.31. The van der Waals surface area contributed by atoms with Crippen LogP contribution >= 0.6 is 50.3 Å². The molecule has 4 aromatic rings. The van der Waals surface area contributed by atoms with Gasteiger partial charge in [-0.1, -0.05) is 46.3 Å². The van der Waals surface area contributed by atoms with E-state index in [1.807, 2.05) is 12.1 Å². The number of carbonyl (C=O) groups excluding carboxylic acids is 4. The number of nitrogens with one attached hydrogen (secondary N) is 2. The van der Waals surface area contributed by atoms with Crippen LogP contribution in [0.2, 0.25) is 0 Å². The Morgan fingerprint density at radius 2 is 1.67 bits per heavy atom. The predicted octanol–water partition coefficient (Wildman–Crippen LogP) is 7.03. The third kappa shape index (κ3) is 7.59. The fraction of sp³-hybridized carbons (Fsp3) is 0.0625. The van der Waals surface area contributed by atoms with Crippen LogP contribution in [0.3, 0.4) is 0 Å². The van der Waals surface area contributed by atoms with Gasteiger partial charge < -0.3 is 10.6 Å². The van der Waals surface area contributed by atoms with Crippen molar-refractivity contribution in [2.75, 3.05) is 10.2 Å². The molecule has 1 atom stereocenters. The van der Waals surface area contributed by atoms with Crippen molar-refractivity contribution in [3.63, 3.8) is 0 Å². The number of imide groups is 1. The van der Waals surface area contributed by atoms with Gasteiger partial charge in [-0.25, -0.2) is 9.29 Å². The summed E-state index contributed by atoms with van der Waals surface area (Å²) < 4.78 is 16.1. The summed E-state index contributed by atoms with van der Waals surface area (Å²) in [4.78, 5) is 54.0. The number of benzene rings is 4. The molecule has 1 aliphatic heterocycles. The van der Waals surface area contributed by atoms with E-state index in [4.69, 9.17) is 0 Å². The molecule has 0 bridgehead atoms. The molecule has 0 saturated carbocycles. The molecule has 4 aromatic carbocycles. The maximum atomic E-state index is 14.3. The zero-order valence-electron chi connectivity index (χ0n) is 22.2. The Labute approximate surface area is 273 Å². The molecule has 5 rings (SSSR count). The van der Waals surface area contributed by atoms with Crippen molar-refractivity contribution in [3.05, 3.63) is 128 Å². The average Bonchev–Trinajstić information content (AvgIpc) is 3.26. The Morgan fingerprint density at radius 1 is 0.953 bits per heavy atom. The van der Waals surface area contributed by atoms with Crippen molar-refractivity contribution in [1.29, 1.82) is 0 Å². The van der Waals surface area contributed by atoms with E-state index in [9.17, 15) is 23.6 Å². The van der Waals surface area contributed by atoms with Crippen LogP contribution in [-0.2, 0) is 14.4 Å². The Kier molecular flexibility index (Phi) is 9.73. The summed E-state index contributed by atoms with van der Waals surface area (Å²) in [7, 11) is 0. The number of hydrogen-bond acceptors (Lipinski definition) is 5. The molecule has 0 unspecified atom stereocenters. The number of rotatable bonds is 8. The second-order valence-electron chi connectivity index (χ2n) is 9.38. The minimum absolute atomic E-state index is 0.0498. The van der Waals surface area contributed by atoms with E-state index in [0.717, 1.165) is 8.04 Å². The summed E-state index contributed by atoms with van der Waals surface area (Å²) in [5, 5.41) is 4.68. The zero-order valence-corrected chi connectivity index (χ0v) is 26.8. The van der Waals surface area contributed by atoms with E-state index >= 15 is 0 Å². The van der Waals surface area contributed by atoms with Gasteiger partial charge in [-0.2, -0.15) is 0 Å². The van der Waals surface area contributed by atoms with Crippen LogP contribution in [0.1, 0.15) is 22.3 Å². The third-order valence-electron chi connectivity index (χ3n) is 6.35. The zero-order chi connectivity index (χ0) is 30.5. The monoisotopic (exact) mass is 769 g/mol. The molecule has 216 valence electrons. The summed E-state index contributed by atoms with van der Waals surface area (Å²) in [5.41, 5.74) is 1.27. The highest BCUT2D eigenvalue weighted by Crippen LogP contribution is 2.35. The normalized spacial score (nSPS) is 15.0. The third-order valence-corrected chi connectivity index (χ3v) is 8.78. The first kappa shape index (κ1) is 30.6. The number of halogens is 3. The van der Waals surface area contributed by atoms with Crippen LogP contribution in [-0.4, -0.2) is 28.9 Å². The fourth-order valence-electron chi connectivity index (χ4n) is 4.29. The van der Waals surface area contributed by atoms with Gasteiger partial charge in [-0.3, -0.25) is 19.2 Å². The van der Waals surface area contributed by atoms with Crippen molar-refractivity contribution >= 4 is 91.4 Å². The number of nitrogens with zero attached hydrogens (tertiary/aromatic N) is 1. The fourth-order valence-corrected chi connectivity index (χ4v) is 6.02. The molecule has 4 amide bonds. The van der Waals surface area contributed by atoms with E-state index in [2.05, 4.69) is 49.2 Å². The summed E-state index contributed by atoms with van der Waals surface area (Å²) in [6, 6.07) is 26.6.